The highest BCUT2D eigenvalue weighted by atomic mass is 19.1. The third kappa shape index (κ3) is 3.42. The number of hydrogen-bond acceptors (Lipinski definition) is 4. The molecule has 0 saturated heterocycles. The van der Waals surface area contributed by atoms with Gasteiger partial charge in [-0.15, -0.1) is 0 Å². The molecule has 0 aliphatic rings. The minimum absolute atomic E-state index is 0.0244. The first-order chi connectivity index (χ1) is 10.2. The van der Waals surface area contributed by atoms with E-state index in [1.807, 2.05) is 0 Å². The number of para-hydroxylation sites is 2. The fourth-order valence-corrected chi connectivity index (χ4v) is 1.71. The highest BCUT2D eigenvalue weighted by molar-refractivity contribution is 5.87. The molecule has 1 N–H and O–H groups in total. The van der Waals surface area contributed by atoms with E-state index in [4.69, 9.17) is 14.2 Å². The van der Waals surface area contributed by atoms with Crippen molar-refractivity contribution in [1.82, 2.24) is 0 Å². The fraction of sp³-hybridized carbons (Fsp3) is 0.133. The summed E-state index contributed by atoms with van der Waals surface area (Å²) < 4.78 is 28.8. The Balaban J connectivity index is 2.18. The Labute approximate surface area is 121 Å². The van der Waals surface area contributed by atoms with Crippen LogP contribution in [0.5, 0.6) is 17.2 Å². The van der Waals surface area contributed by atoms with E-state index in [0.717, 1.165) is 0 Å². The number of benzene rings is 2. The molecular formula is C15H14FNO4. The summed E-state index contributed by atoms with van der Waals surface area (Å²) in [6.45, 7) is 0. The summed E-state index contributed by atoms with van der Waals surface area (Å²) in [5.74, 6) is 0.230. The number of carbonyl (C=O) groups is 1. The van der Waals surface area contributed by atoms with Crippen molar-refractivity contribution in [2.45, 2.75) is 0 Å². The quantitative estimate of drug-likeness (QED) is 0.937. The zero-order valence-corrected chi connectivity index (χ0v) is 11.6. The molecule has 110 valence electrons. The first-order valence-corrected chi connectivity index (χ1v) is 6.10. The molecule has 6 heteroatoms. The van der Waals surface area contributed by atoms with Crippen molar-refractivity contribution in [3.8, 4) is 17.2 Å². The lowest BCUT2D eigenvalue weighted by atomic mass is 10.3. The van der Waals surface area contributed by atoms with Gasteiger partial charge in [0.25, 0.3) is 0 Å². The summed E-state index contributed by atoms with van der Waals surface area (Å²) in [6.07, 6.45) is -0.845. The number of carbonyl (C=O) groups excluding carboxylic acids is 1. The zero-order valence-electron chi connectivity index (χ0n) is 11.6. The molecule has 2 rings (SSSR count). The van der Waals surface area contributed by atoms with E-state index in [-0.39, 0.29) is 11.4 Å². The van der Waals surface area contributed by atoms with Crippen LogP contribution >= 0.6 is 0 Å². The number of rotatable bonds is 4. The molecule has 2 aromatic carbocycles. The monoisotopic (exact) mass is 291 g/mol. The molecular weight excluding hydrogens is 277 g/mol. The second-order valence-electron chi connectivity index (χ2n) is 3.99. The minimum atomic E-state index is -0.845. The largest absolute Gasteiger partial charge is 0.493 e. The topological polar surface area (TPSA) is 56.8 Å². The third-order valence-corrected chi connectivity index (χ3v) is 2.69. The van der Waals surface area contributed by atoms with E-state index in [1.165, 1.54) is 32.4 Å². The normalized spacial score (nSPS) is 9.86. The van der Waals surface area contributed by atoms with Crippen molar-refractivity contribution in [2.24, 2.45) is 0 Å². The predicted octanol–water partition coefficient (Wildman–Crippen LogP) is 3.45. The second kappa shape index (κ2) is 6.60. The summed E-state index contributed by atoms with van der Waals surface area (Å²) in [6, 6.07) is 10.7. The van der Waals surface area contributed by atoms with Gasteiger partial charge in [0.05, 0.1) is 19.9 Å². The van der Waals surface area contributed by atoms with Crippen molar-refractivity contribution < 1.29 is 23.4 Å². The molecule has 0 aromatic heterocycles. The van der Waals surface area contributed by atoms with Crippen LogP contribution in [-0.4, -0.2) is 20.3 Å². The Bertz CT molecular complexity index is 623. The Hall–Kier alpha value is -2.76. The maximum absolute atomic E-state index is 13.5. The standard InChI is InChI=1S/C15H14FNO4/c1-19-12-8-5-9-13(20-2)14(12)21-15(18)17-11-7-4-3-6-10(11)16/h3-9H,1-2H3,(H,17,18). The van der Waals surface area contributed by atoms with Crippen LogP contribution in [0, 0.1) is 5.82 Å². The molecule has 0 saturated carbocycles. The zero-order chi connectivity index (χ0) is 15.2. The average molecular weight is 291 g/mol. The van der Waals surface area contributed by atoms with Crippen molar-refractivity contribution in [1.29, 1.82) is 0 Å². The van der Waals surface area contributed by atoms with E-state index in [2.05, 4.69) is 5.32 Å². The lowest BCUT2D eigenvalue weighted by molar-refractivity contribution is 0.210. The van der Waals surface area contributed by atoms with Gasteiger partial charge in [0.2, 0.25) is 5.75 Å². The summed E-state index contributed by atoms with van der Waals surface area (Å²) in [5.41, 5.74) is 0.0244. The molecule has 0 atom stereocenters. The van der Waals surface area contributed by atoms with E-state index < -0.39 is 11.9 Å². The Morgan fingerprint density at radius 3 is 2.19 bits per heavy atom. The third-order valence-electron chi connectivity index (χ3n) is 2.69. The number of anilines is 1. The van der Waals surface area contributed by atoms with Crippen molar-refractivity contribution in [3.63, 3.8) is 0 Å². The van der Waals surface area contributed by atoms with Gasteiger partial charge < -0.3 is 14.2 Å². The van der Waals surface area contributed by atoms with Gasteiger partial charge in [-0.05, 0) is 24.3 Å². The number of methoxy groups -OCH3 is 2. The Morgan fingerprint density at radius 1 is 1.00 bits per heavy atom. The van der Waals surface area contributed by atoms with Crippen LogP contribution in [0.25, 0.3) is 0 Å². The molecule has 2 aromatic rings. The summed E-state index contributed by atoms with van der Waals surface area (Å²) in [7, 11) is 2.88. The van der Waals surface area contributed by atoms with E-state index in [0.29, 0.717) is 11.5 Å². The maximum Gasteiger partial charge on any atom is 0.417 e. The Kier molecular flexibility index (Phi) is 4.61. The molecule has 0 aliphatic carbocycles. The van der Waals surface area contributed by atoms with Crippen LogP contribution in [-0.2, 0) is 0 Å². The highest BCUT2D eigenvalue weighted by Crippen LogP contribution is 2.36. The molecule has 0 unspecified atom stereocenters. The molecule has 0 bridgehead atoms. The molecule has 21 heavy (non-hydrogen) atoms. The molecule has 0 radical (unpaired) electrons. The SMILES string of the molecule is COc1cccc(OC)c1OC(=O)Nc1ccccc1F. The molecule has 0 heterocycles. The second-order valence-corrected chi connectivity index (χ2v) is 3.99. The number of nitrogens with one attached hydrogen (secondary N) is 1. The molecule has 0 aliphatic heterocycles. The van der Waals surface area contributed by atoms with Crippen molar-refractivity contribution in [3.05, 3.63) is 48.3 Å². The molecule has 5 nitrogen and oxygen atoms in total. The predicted molar refractivity (Wildman–Crippen MR) is 75.6 cm³/mol. The summed E-state index contributed by atoms with van der Waals surface area (Å²) in [4.78, 5) is 11.9. The molecule has 0 fully saturated rings. The number of hydrogen-bond donors (Lipinski definition) is 1. The summed E-state index contributed by atoms with van der Waals surface area (Å²) >= 11 is 0. The van der Waals surface area contributed by atoms with Crippen LogP contribution in [0.15, 0.2) is 42.5 Å². The number of ether oxygens (including phenoxy) is 3. The van der Waals surface area contributed by atoms with Crippen molar-refractivity contribution in [2.75, 3.05) is 19.5 Å². The average Bonchev–Trinajstić information content (AvgIpc) is 2.49. The summed E-state index contributed by atoms with van der Waals surface area (Å²) in [5, 5.41) is 2.31. The molecule has 0 spiro atoms. The lowest BCUT2D eigenvalue weighted by Gasteiger charge is -2.13. The van der Waals surface area contributed by atoms with Crippen LogP contribution in [0.4, 0.5) is 14.9 Å². The van der Waals surface area contributed by atoms with Gasteiger partial charge >= 0.3 is 6.09 Å². The van der Waals surface area contributed by atoms with E-state index >= 15 is 0 Å². The lowest BCUT2D eigenvalue weighted by Crippen LogP contribution is -2.18. The van der Waals surface area contributed by atoms with Crippen LogP contribution in [0.3, 0.4) is 0 Å². The van der Waals surface area contributed by atoms with E-state index in [1.54, 1.807) is 24.3 Å². The first kappa shape index (κ1) is 14.6. The Morgan fingerprint density at radius 2 is 1.62 bits per heavy atom. The molecule has 1 amide bonds. The van der Waals surface area contributed by atoms with Gasteiger partial charge in [0, 0.05) is 0 Å². The van der Waals surface area contributed by atoms with Gasteiger partial charge in [-0.1, -0.05) is 18.2 Å². The number of amides is 1. The fourth-order valence-electron chi connectivity index (χ4n) is 1.71. The smallest absolute Gasteiger partial charge is 0.417 e. The number of halogens is 1. The van der Waals surface area contributed by atoms with Crippen molar-refractivity contribution >= 4 is 11.8 Å². The van der Waals surface area contributed by atoms with Gasteiger partial charge in [-0.3, -0.25) is 5.32 Å². The highest BCUT2D eigenvalue weighted by Gasteiger charge is 2.16. The van der Waals surface area contributed by atoms with Gasteiger partial charge in [-0.2, -0.15) is 0 Å². The minimum Gasteiger partial charge on any atom is -0.493 e. The van der Waals surface area contributed by atoms with Crippen LogP contribution < -0.4 is 19.5 Å². The van der Waals surface area contributed by atoms with Crippen LogP contribution in [0.2, 0.25) is 0 Å². The van der Waals surface area contributed by atoms with Gasteiger partial charge in [-0.25, -0.2) is 9.18 Å². The van der Waals surface area contributed by atoms with E-state index in [9.17, 15) is 9.18 Å². The van der Waals surface area contributed by atoms with Gasteiger partial charge in [0.1, 0.15) is 5.82 Å². The first-order valence-electron chi connectivity index (χ1n) is 6.10. The van der Waals surface area contributed by atoms with Crippen LogP contribution in [0.1, 0.15) is 0 Å². The maximum atomic E-state index is 13.5. The van der Waals surface area contributed by atoms with Gasteiger partial charge in [0.15, 0.2) is 11.5 Å².